The fraction of sp³-hybridized carbons (Fsp3) is 0.500. The van der Waals surface area contributed by atoms with Gasteiger partial charge < -0.3 is 11.1 Å². The van der Waals surface area contributed by atoms with E-state index in [2.05, 4.69) is 21.2 Å². The minimum atomic E-state index is -0.00766. The smallest absolute Gasteiger partial charge is 0.252 e. The van der Waals surface area contributed by atoms with Gasteiger partial charge in [-0.1, -0.05) is 12.5 Å². The molecule has 0 aromatic heterocycles. The van der Waals surface area contributed by atoms with Crippen LogP contribution in [0, 0.1) is 11.8 Å². The van der Waals surface area contributed by atoms with Crippen molar-refractivity contribution in [2.24, 2.45) is 11.8 Å². The van der Waals surface area contributed by atoms with Gasteiger partial charge in [-0.15, -0.1) is 0 Å². The van der Waals surface area contributed by atoms with Gasteiger partial charge in [0.05, 0.1) is 10.0 Å². The van der Waals surface area contributed by atoms with Crippen molar-refractivity contribution in [1.29, 1.82) is 0 Å². The highest BCUT2D eigenvalue weighted by atomic mass is 79.9. The molecule has 1 aromatic carbocycles. The first-order valence-corrected chi connectivity index (χ1v) is 7.29. The molecule has 0 heterocycles. The van der Waals surface area contributed by atoms with Crippen molar-refractivity contribution in [3.63, 3.8) is 0 Å². The third-order valence-corrected chi connectivity index (χ3v) is 5.21. The van der Waals surface area contributed by atoms with E-state index in [1.54, 1.807) is 6.07 Å². The minimum absolute atomic E-state index is 0.00766. The zero-order chi connectivity index (χ0) is 12.7. The number of amides is 1. The van der Waals surface area contributed by atoms with Crippen molar-refractivity contribution < 1.29 is 4.79 Å². The third kappa shape index (κ3) is 2.03. The predicted octanol–water partition coefficient (Wildman–Crippen LogP) is 2.95. The number of carbonyl (C=O) groups is 1. The van der Waals surface area contributed by atoms with Crippen LogP contribution < -0.4 is 11.1 Å². The summed E-state index contributed by atoms with van der Waals surface area (Å²) in [5.74, 6) is 1.52. The number of halogens is 1. The Kier molecular flexibility index (Phi) is 3.06. The summed E-state index contributed by atoms with van der Waals surface area (Å²) in [5.41, 5.74) is 7.04. The summed E-state index contributed by atoms with van der Waals surface area (Å²) in [6.07, 6.45) is 5.06. The number of rotatable bonds is 2. The highest BCUT2D eigenvalue weighted by Gasteiger charge is 2.40. The van der Waals surface area contributed by atoms with Crippen molar-refractivity contribution in [1.82, 2.24) is 5.32 Å². The first-order chi connectivity index (χ1) is 8.65. The number of hydrogen-bond acceptors (Lipinski definition) is 2. The molecule has 0 spiro atoms. The van der Waals surface area contributed by atoms with E-state index < -0.39 is 0 Å². The number of benzene rings is 1. The van der Waals surface area contributed by atoms with Gasteiger partial charge in [-0.05, 0) is 59.2 Å². The normalized spacial score (nSPS) is 29.5. The first-order valence-electron chi connectivity index (χ1n) is 6.50. The molecule has 3 rings (SSSR count). The van der Waals surface area contributed by atoms with Gasteiger partial charge in [0.2, 0.25) is 0 Å². The van der Waals surface area contributed by atoms with Crippen molar-refractivity contribution >= 4 is 27.5 Å². The van der Waals surface area contributed by atoms with Crippen LogP contribution in [0.1, 0.15) is 36.0 Å². The molecule has 2 fully saturated rings. The van der Waals surface area contributed by atoms with E-state index in [1.807, 2.05) is 12.1 Å². The lowest BCUT2D eigenvalue weighted by molar-refractivity contribution is 0.0922. The summed E-state index contributed by atoms with van der Waals surface area (Å²) < 4.78 is 0.700. The quantitative estimate of drug-likeness (QED) is 0.825. The summed E-state index contributed by atoms with van der Waals surface area (Å²) in [4.78, 5) is 12.3. The van der Waals surface area contributed by atoms with Crippen LogP contribution in [-0.2, 0) is 0 Å². The maximum absolute atomic E-state index is 12.3. The lowest BCUT2D eigenvalue weighted by atomic mass is 9.95. The SMILES string of the molecule is Nc1cccc(C(=O)NC2CC3CCC2C3)c1Br. The number of fused-ring (bicyclic) bond motifs is 2. The number of anilines is 1. The Morgan fingerprint density at radius 3 is 2.83 bits per heavy atom. The van der Waals surface area contributed by atoms with Gasteiger partial charge in [0.15, 0.2) is 0 Å². The molecule has 2 bridgehead atoms. The Hall–Kier alpha value is -1.03. The van der Waals surface area contributed by atoms with E-state index in [9.17, 15) is 4.79 Å². The molecule has 1 aromatic rings. The zero-order valence-electron chi connectivity index (χ0n) is 10.2. The molecule has 3 N–H and O–H groups in total. The molecule has 0 radical (unpaired) electrons. The van der Waals surface area contributed by atoms with Crippen LogP contribution in [0.4, 0.5) is 5.69 Å². The second-order valence-electron chi connectivity index (χ2n) is 5.46. The average molecular weight is 309 g/mol. The molecule has 1 amide bonds. The van der Waals surface area contributed by atoms with Crippen molar-refractivity contribution in [3.8, 4) is 0 Å². The van der Waals surface area contributed by atoms with Crippen LogP contribution >= 0.6 is 15.9 Å². The Labute approximate surface area is 115 Å². The average Bonchev–Trinajstić information content (AvgIpc) is 2.94. The van der Waals surface area contributed by atoms with E-state index in [1.165, 1.54) is 19.3 Å². The van der Waals surface area contributed by atoms with Crippen LogP contribution in [0.3, 0.4) is 0 Å². The molecule has 0 saturated heterocycles. The van der Waals surface area contributed by atoms with Gasteiger partial charge in [0.1, 0.15) is 0 Å². The van der Waals surface area contributed by atoms with Crippen molar-refractivity contribution in [2.45, 2.75) is 31.7 Å². The maximum Gasteiger partial charge on any atom is 0.252 e. The summed E-state index contributed by atoms with van der Waals surface area (Å²) in [5, 5.41) is 3.17. The third-order valence-electron chi connectivity index (χ3n) is 4.33. The second-order valence-corrected chi connectivity index (χ2v) is 6.26. The van der Waals surface area contributed by atoms with E-state index in [0.29, 0.717) is 27.7 Å². The van der Waals surface area contributed by atoms with Crippen LogP contribution in [0.15, 0.2) is 22.7 Å². The van der Waals surface area contributed by atoms with Gasteiger partial charge in [-0.25, -0.2) is 0 Å². The Morgan fingerprint density at radius 1 is 1.33 bits per heavy atom. The summed E-state index contributed by atoms with van der Waals surface area (Å²) in [7, 11) is 0. The number of nitrogens with two attached hydrogens (primary N) is 1. The van der Waals surface area contributed by atoms with Gasteiger partial charge in [-0.3, -0.25) is 4.79 Å². The molecule has 4 heteroatoms. The van der Waals surface area contributed by atoms with E-state index >= 15 is 0 Å². The molecular formula is C14H17BrN2O. The molecule has 3 nitrogen and oxygen atoms in total. The molecule has 96 valence electrons. The molecule has 18 heavy (non-hydrogen) atoms. The molecule has 2 aliphatic carbocycles. The largest absolute Gasteiger partial charge is 0.398 e. The number of nitrogens with one attached hydrogen (secondary N) is 1. The minimum Gasteiger partial charge on any atom is -0.398 e. The molecule has 0 aliphatic heterocycles. The highest BCUT2D eigenvalue weighted by molar-refractivity contribution is 9.10. The van der Waals surface area contributed by atoms with Crippen molar-refractivity contribution in [3.05, 3.63) is 28.2 Å². The standard InChI is InChI=1S/C14H17BrN2O/c15-13-10(2-1-3-11(13)16)14(18)17-12-7-8-4-5-9(12)6-8/h1-3,8-9,12H,4-7,16H2,(H,17,18). The highest BCUT2D eigenvalue weighted by Crippen LogP contribution is 2.44. The first kappa shape index (κ1) is 12.0. The topological polar surface area (TPSA) is 55.1 Å². The summed E-state index contributed by atoms with van der Waals surface area (Å²) >= 11 is 3.39. The number of nitrogen functional groups attached to an aromatic ring is 1. The summed E-state index contributed by atoms with van der Waals surface area (Å²) in [6.45, 7) is 0. The monoisotopic (exact) mass is 308 g/mol. The van der Waals surface area contributed by atoms with E-state index in [4.69, 9.17) is 5.73 Å². The maximum atomic E-state index is 12.3. The lowest BCUT2D eigenvalue weighted by Gasteiger charge is -2.23. The van der Waals surface area contributed by atoms with Gasteiger partial charge in [-0.2, -0.15) is 0 Å². The molecular weight excluding hydrogens is 292 g/mol. The van der Waals surface area contributed by atoms with Gasteiger partial charge >= 0.3 is 0 Å². The zero-order valence-corrected chi connectivity index (χ0v) is 11.7. The molecule has 2 aliphatic rings. The van der Waals surface area contributed by atoms with Crippen LogP contribution in [0.5, 0.6) is 0 Å². The molecule has 2 saturated carbocycles. The van der Waals surface area contributed by atoms with Crippen LogP contribution in [0.2, 0.25) is 0 Å². The second kappa shape index (κ2) is 4.57. The summed E-state index contributed by atoms with van der Waals surface area (Å²) in [6, 6.07) is 5.78. The van der Waals surface area contributed by atoms with E-state index in [0.717, 1.165) is 12.3 Å². The van der Waals surface area contributed by atoms with Crippen LogP contribution in [-0.4, -0.2) is 11.9 Å². The van der Waals surface area contributed by atoms with Crippen molar-refractivity contribution in [2.75, 3.05) is 5.73 Å². The van der Waals surface area contributed by atoms with E-state index in [-0.39, 0.29) is 5.91 Å². The Bertz CT molecular complexity index is 489. The van der Waals surface area contributed by atoms with Crippen LogP contribution in [0.25, 0.3) is 0 Å². The fourth-order valence-electron chi connectivity index (χ4n) is 3.39. The number of hydrogen-bond donors (Lipinski definition) is 2. The fourth-order valence-corrected chi connectivity index (χ4v) is 3.84. The predicted molar refractivity (Wildman–Crippen MR) is 75.3 cm³/mol. The molecule has 3 unspecified atom stereocenters. The number of carbonyl (C=O) groups excluding carboxylic acids is 1. The Balaban J connectivity index is 1.73. The lowest BCUT2D eigenvalue weighted by Crippen LogP contribution is -2.38. The van der Waals surface area contributed by atoms with Gasteiger partial charge in [0, 0.05) is 11.7 Å². The van der Waals surface area contributed by atoms with Gasteiger partial charge in [0.25, 0.3) is 5.91 Å². The Morgan fingerprint density at radius 2 is 2.17 bits per heavy atom. The molecule has 3 atom stereocenters.